The number of hydrogen-bond acceptors (Lipinski definition) is 5. The Balaban J connectivity index is 1.50. The molecule has 0 unspecified atom stereocenters. The van der Waals surface area contributed by atoms with E-state index in [1.807, 2.05) is 37.3 Å². The molecule has 2 aromatic rings. The zero-order valence-corrected chi connectivity index (χ0v) is 17.0. The van der Waals surface area contributed by atoms with Gasteiger partial charge in [-0.25, -0.2) is 4.98 Å². The first-order chi connectivity index (χ1) is 13.6. The molecule has 148 valence electrons. The van der Waals surface area contributed by atoms with Crippen LogP contribution in [-0.2, 0) is 4.79 Å². The minimum Gasteiger partial charge on any atom is -0.348 e. The molecule has 0 atom stereocenters. The molecule has 28 heavy (non-hydrogen) atoms. The molecule has 0 spiro atoms. The lowest BCUT2D eigenvalue weighted by Crippen LogP contribution is -2.48. The number of hydrogen-bond donors (Lipinski definition) is 1. The minimum atomic E-state index is -0.0456. The fourth-order valence-corrected chi connectivity index (χ4v) is 4.08. The monoisotopic (exact) mass is 398 g/mol. The molecule has 1 aromatic heterocycles. The third-order valence-electron chi connectivity index (χ3n) is 4.91. The Bertz CT molecular complexity index is 813. The van der Waals surface area contributed by atoms with Crippen molar-refractivity contribution in [1.82, 2.24) is 15.2 Å². The van der Waals surface area contributed by atoms with Crippen LogP contribution < -0.4 is 10.2 Å². The van der Waals surface area contributed by atoms with Gasteiger partial charge in [-0.3, -0.25) is 14.5 Å². The van der Waals surface area contributed by atoms with Crippen LogP contribution in [0.1, 0.15) is 28.2 Å². The number of para-hydroxylation sites is 1. The van der Waals surface area contributed by atoms with Gasteiger partial charge in [0.25, 0.3) is 5.91 Å². The molecular formula is C21H26N4O2S. The van der Waals surface area contributed by atoms with Crippen molar-refractivity contribution in [2.75, 3.05) is 31.1 Å². The molecule has 6 nitrogen and oxygen atoms in total. The first-order valence-corrected chi connectivity index (χ1v) is 10.4. The molecule has 1 saturated heterocycles. The lowest BCUT2D eigenvalue weighted by molar-refractivity contribution is -0.119. The fourth-order valence-electron chi connectivity index (χ4n) is 3.37. The SMILES string of the molecule is C=CCN(C(=O)CN1CCC(NC(=O)c2scnc2C)CC1)c1ccccc1. The zero-order valence-electron chi connectivity index (χ0n) is 16.1. The van der Waals surface area contributed by atoms with Gasteiger partial charge in [-0.15, -0.1) is 17.9 Å². The number of rotatable bonds is 7. The summed E-state index contributed by atoms with van der Waals surface area (Å²) in [5.74, 6) is 0.0182. The summed E-state index contributed by atoms with van der Waals surface area (Å²) < 4.78 is 0. The summed E-state index contributed by atoms with van der Waals surface area (Å²) in [5, 5.41) is 3.10. The molecule has 0 saturated carbocycles. The summed E-state index contributed by atoms with van der Waals surface area (Å²) >= 11 is 1.37. The van der Waals surface area contributed by atoms with Crippen LogP contribution >= 0.6 is 11.3 Å². The summed E-state index contributed by atoms with van der Waals surface area (Å²) in [6.45, 7) is 8.05. The molecule has 0 bridgehead atoms. The molecule has 0 aliphatic carbocycles. The van der Waals surface area contributed by atoms with Gasteiger partial charge in [0.15, 0.2) is 0 Å². The summed E-state index contributed by atoms with van der Waals surface area (Å²) in [7, 11) is 0. The van der Waals surface area contributed by atoms with Crippen molar-refractivity contribution in [3.8, 4) is 0 Å². The maximum Gasteiger partial charge on any atom is 0.263 e. The van der Waals surface area contributed by atoms with E-state index in [0.717, 1.165) is 37.3 Å². The van der Waals surface area contributed by atoms with Gasteiger partial charge in [-0.2, -0.15) is 0 Å². The number of benzene rings is 1. The zero-order chi connectivity index (χ0) is 19.9. The third kappa shape index (κ3) is 5.05. The molecule has 0 radical (unpaired) electrons. The van der Waals surface area contributed by atoms with Crippen LogP contribution in [0.15, 0.2) is 48.5 Å². The van der Waals surface area contributed by atoms with E-state index in [1.54, 1.807) is 16.5 Å². The highest BCUT2D eigenvalue weighted by molar-refractivity contribution is 7.11. The van der Waals surface area contributed by atoms with Crippen LogP contribution in [0.4, 0.5) is 5.69 Å². The quantitative estimate of drug-likeness (QED) is 0.729. The van der Waals surface area contributed by atoms with E-state index in [-0.39, 0.29) is 17.9 Å². The average molecular weight is 399 g/mol. The van der Waals surface area contributed by atoms with Gasteiger partial charge in [0, 0.05) is 31.4 Å². The van der Waals surface area contributed by atoms with Crippen LogP contribution in [-0.4, -0.2) is 53.9 Å². The van der Waals surface area contributed by atoms with Gasteiger partial charge >= 0.3 is 0 Å². The van der Waals surface area contributed by atoms with Gasteiger partial charge in [-0.1, -0.05) is 24.3 Å². The van der Waals surface area contributed by atoms with Gasteiger partial charge in [-0.05, 0) is 31.9 Å². The highest BCUT2D eigenvalue weighted by atomic mass is 32.1. The fraction of sp³-hybridized carbons (Fsp3) is 0.381. The number of nitrogens with zero attached hydrogens (tertiary/aromatic N) is 3. The molecule has 1 aliphatic rings. The first-order valence-electron chi connectivity index (χ1n) is 9.48. The van der Waals surface area contributed by atoms with E-state index in [1.165, 1.54) is 11.3 Å². The van der Waals surface area contributed by atoms with E-state index in [4.69, 9.17) is 0 Å². The molecule has 2 heterocycles. The van der Waals surface area contributed by atoms with Crippen molar-refractivity contribution in [3.05, 3.63) is 59.1 Å². The normalized spacial score (nSPS) is 15.2. The van der Waals surface area contributed by atoms with Gasteiger partial charge in [0.2, 0.25) is 5.91 Å². The topological polar surface area (TPSA) is 65.5 Å². The third-order valence-corrected chi connectivity index (χ3v) is 5.84. The van der Waals surface area contributed by atoms with Crippen LogP contribution in [0, 0.1) is 6.92 Å². The highest BCUT2D eigenvalue weighted by Crippen LogP contribution is 2.17. The van der Waals surface area contributed by atoms with Crippen LogP contribution in [0.25, 0.3) is 0 Å². The second kappa shape index (κ2) is 9.61. The average Bonchev–Trinajstić information content (AvgIpc) is 3.14. The number of aromatic nitrogens is 1. The number of carbonyl (C=O) groups is 2. The predicted octanol–water partition coefficient (Wildman–Crippen LogP) is 2.86. The number of likely N-dealkylation sites (tertiary alicyclic amines) is 1. The van der Waals surface area contributed by atoms with Crippen molar-refractivity contribution in [2.45, 2.75) is 25.8 Å². The Morgan fingerprint density at radius 3 is 2.64 bits per heavy atom. The number of piperidine rings is 1. The van der Waals surface area contributed by atoms with Gasteiger partial charge in [0.05, 0.1) is 17.7 Å². The molecule has 2 amide bonds. The maximum atomic E-state index is 12.8. The number of thiazole rings is 1. The minimum absolute atomic E-state index is 0.0456. The maximum absolute atomic E-state index is 12.8. The van der Waals surface area contributed by atoms with Gasteiger partial charge < -0.3 is 10.2 Å². The number of amides is 2. The second-order valence-electron chi connectivity index (χ2n) is 6.92. The summed E-state index contributed by atoms with van der Waals surface area (Å²) in [6, 6.07) is 9.80. The Morgan fingerprint density at radius 1 is 1.32 bits per heavy atom. The standard InChI is InChI=1S/C21H26N4O2S/c1-3-11-25(18-7-5-4-6-8-18)19(26)14-24-12-9-17(10-13-24)23-21(27)20-16(2)22-15-28-20/h3-8,15,17H,1,9-14H2,2H3,(H,23,27). The molecule has 1 aromatic carbocycles. The van der Waals surface area contributed by atoms with Crippen LogP contribution in [0.2, 0.25) is 0 Å². The van der Waals surface area contributed by atoms with Gasteiger partial charge in [0.1, 0.15) is 4.88 Å². The predicted molar refractivity (Wildman–Crippen MR) is 113 cm³/mol. The number of carbonyl (C=O) groups excluding carboxylic acids is 2. The van der Waals surface area contributed by atoms with Crippen molar-refractivity contribution in [1.29, 1.82) is 0 Å². The molecule has 1 N–H and O–H groups in total. The second-order valence-corrected chi connectivity index (χ2v) is 7.77. The van der Waals surface area contributed by atoms with E-state index in [2.05, 4.69) is 21.8 Å². The number of anilines is 1. The summed E-state index contributed by atoms with van der Waals surface area (Å²) in [5.41, 5.74) is 3.35. The molecular weight excluding hydrogens is 372 g/mol. The number of aryl methyl sites for hydroxylation is 1. The highest BCUT2D eigenvalue weighted by Gasteiger charge is 2.25. The van der Waals surface area contributed by atoms with Crippen LogP contribution in [0.3, 0.4) is 0 Å². The van der Waals surface area contributed by atoms with E-state index >= 15 is 0 Å². The van der Waals surface area contributed by atoms with Crippen LogP contribution in [0.5, 0.6) is 0 Å². The Hall–Kier alpha value is -2.51. The van der Waals surface area contributed by atoms with Crippen molar-refractivity contribution >= 4 is 28.8 Å². The van der Waals surface area contributed by atoms with Crippen molar-refractivity contribution in [2.24, 2.45) is 0 Å². The van der Waals surface area contributed by atoms with E-state index in [9.17, 15) is 9.59 Å². The lowest BCUT2D eigenvalue weighted by Gasteiger charge is -2.33. The molecule has 7 heteroatoms. The Kier molecular flexibility index (Phi) is 6.95. The summed E-state index contributed by atoms with van der Waals surface area (Å²) in [6.07, 6.45) is 3.42. The smallest absolute Gasteiger partial charge is 0.263 e. The summed E-state index contributed by atoms with van der Waals surface area (Å²) in [4.78, 5) is 33.9. The lowest BCUT2D eigenvalue weighted by atomic mass is 10.0. The Labute approximate surface area is 169 Å². The van der Waals surface area contributed by atoms with E-state index in [0.29, 0.717) is 18.0 Å². The molecule has 1 aliphatic heterocycles. The molecule has 3 rings (SSSR count). The van der Waals surface area contributed by atoms with Crippen molar-refractivity contribution < 1.29 is 9.59 Å². The molecule has 1 fully saturated rings. The Morgan fingerprint density at radius 2 is 2.04 bits per heavy atom. The van der Waals surface area contributed by atoms with Crippen molar-refractivity contribution in [3.63, 3.8) is 0 Å². The largest absolute Gasteiger partial charge is 0.348 e. The first kappa shape index (κ1) is 20.2. The number of nitrogens with one attached hydrogen (secondary N) is 1. The van der Waals surface area contributed by atoms with E-state index < -0.39 is 0 Å².